The predicted molar refractivity (Wildman–Crippen MR) is 69.9 cm³/mol. The maximum Gasteiger partial charge on any atom is 0.322 e. The Balaban J connectivity index is 2.66. The predicted octanol–water partition coefficient (Wildman–Crippen LogP) is 0.970. The maximum absolute atomic E-state index is 11.3. The van der Waals surface area contributed by atoms with E-state index < -0.39 is 23.3 Å². The highest BCUT2D eigenvalue weighted by atomic mass is 79.9. The number of carboxylic acid groups (broad SMARTS) is 1. The van der Waals surface area contributed by atoms with E-state index in [9.17, 15) is 19.7 Å². The molecule has 0 aliphatic rings. The first kappa shape index (κ1) is 14.9. The van der Waals surface area contributed by atoms with Gasteiger partial charge in [-0.05, 0) is 12.1 Å². The number of halogens is 1. The highest BCUT2D eigenvalue weighted by Crippen LogP contribution is 2.27. The Kier molecular flexibility index (Phi) is 5.24. The summed E-state index contributed by atoms with van der Waals surface area (Å²) in [6, 6.07) is 4.26. The number of nitrogens with one attached hydrogen (secondary N) is 2. The van der Waals surface area contributed by atoms with Crippen molar-refractivity contribution in [3.63, 3.8) is 0 Å². The second kappa shape index (κ2) is 6.69. The third kappa shape index (κ3) is 4.92. The van der Waals surface area contributed by atoms with Crippen molar-refractivity contribution in [3.05, 3.63) is 32.8 Å². The Morgan fingerprint density at radius 1 is 1.37 bits per heavy atom. The average molecular weight is 332 g/mol. The fourth-order valence-electron chi connectivity index (χ4n) is 1.22. The van der Waals surface area contributed by atoms with Gasteiger partial charge in [0.1, 0.15) is 12.2 Å². The van der Waals surface area contributed by atoms with Crippen molar-refractivity contribution in [2.75, 3.05) is 18.4 Å². The third-order valence-electron chi connectivity index (χ3n) is 2.03. The summed E-state index contributed by atoms with van der Waals surface area (Å²) in [6.07, 6.45) is 0. The van der Waals surface area contributed by atoms with Crippen LogP contribution in [0.2, 0.25) is 0 Å². The lowest BCUT2D eigenvalue weighted by Gasteiger charge is -2.07. The van der Waals surface area contributed by atoms with Crippen LogP contribution in [-0.2, 0) is 9.59 Å². The maximum atomic E-state index is 11.3. The molecule has 0 aliphatic carbocycles. The fraction of sp³-hybridized carbons (Fsp3) is 0.200. The van der Waals surface area contributed by atoms with Crippen molar-refractivity contribution in [2.45, 2.75) is 0 Å². The van der Waals surface area contributed by atoms with Gasteiger partial charge in [-0.2, -0.15) is 0 Å². The van der Waals surface area contributed by atoms with Gasteiger partial charge in [-0.1, -0.05) is 15.9 Å². The molecule has 1 aromatic carbocycles. The number of carbonyl (C=O) groups is 2. The van der Waals surface area contributed by atoms with E-state index in [0.717, 1.165) is 0 Å². The third-order valence-corrected chi connectivity index (χ3v) is 2.52. The van der Waals surface area contributed by atoms with Crippen molar-refractivity contribution in [3.8, 4) is 0 Å². The Bertz CT molecular complexity index is 520. The van der Waals surface area contributed by atoms with Gasteiger partial charge in [-0.25, -0.2) is 0 Å². The van der Waals surface area contributed by atoms with Gasteiger partial charge >= 0.3 is 5.97 Å². The first-order valence-corrected chi connectivity index (χ1v) is 5.85. The molecule has 9 heteroatoms. The SMILES string of the molecule is O=C(O)CNC(=O)CNc1cc(Br)ccc1[N+](=O)[O-]. The zero-order valence-electron chi connectivity index (χ0n) is 9.55. The summed E-state index contributed by atoms with van der Waals surface area (Å²) in [4.78, 5) is 31.7. The average Bonchev–Trinajstić information content (AvgIpc) is 2.33. The first-order chi connectivity index (χ1) is 8.90. The number of carboxylic acids is 1. The van der Waals surface area contributed by atoms with E-state index in [2.05, 4.69) is 26.6 Å². The number of nitro benzene ring substituents is 1. The normalized spacial score (nSPS) is 9.74. The lowest BCUT2D eigenvalue weighted by Crippen LogP contribution is -2.33. The molecular weight excluding hydrogens is 322 g/mol. The van der Waals surface area contributed by atoms with Crippen LogP contribution in [0.15, 0.2) is 22.7 Å². The van der Waals surface area contributed by atoms with Gasteiger partial charge in [0.05, 0.1) is 11.5 Å². The number of hydrogen-bond donors (Lipinski definition) is 3. The topological polar surface area (TPSA) is 122 Å². The number of amides is 1. The molecule has 0 heterocycles. The monoisotopic (exact) mass is 331 g/mol. The largest absolute Gasteiger partial charge is 0.480 e. The van der Waals surface area contributed by atoms with Crippen LogP contribution in [0.3, 0.4) is 0 Å². The second-order valence-electron chi connectivity index (χ2n) is 3.44. The summed E-state index contributed by atoms with van der Waals surface area (Å²) in [5, 5.41) is 23.9. The molecule has 8 nitrogen and oxygen atoms in total. The van der Waals surface area contributed by atoms with E-state index in [4.69, 9.17) is 5.11 Å². The van der Waals surface area contributed by atoms with E-state index in [-0.39, 0.29) is 17.9 Å². The molecule has 0 fully saturated rings. The van der Waals surface area contributed by atoms with E-state index >= 15 is 0 Å². The summed E-state index contributed by atoms with van der Waals surface area (Å²) >= 11 is 3.16. The molecule has 0 saturated heterocycles. The van der Waals surface area contributed by atoms with Crippen LogP contribution in [0.1, 0.15) is 0 Å². The molecule has 0 bridgehead atoms. The van der Waals surface area contributed by atoms with Gasteiger partial charge < -0.3 is 15.7 Å². The number of nitro groups is 1. The zero-order chi connectivity index (χ0) is 14.4. The molecule has 0 unspecified atom stereocenters. The van der Waals surface area contributed by atoms with Crippen molar-refractivity contribution < 1.29 is 19.6 Å². The number of anilines is 1. The summed E-state index contributed by atoms with van der Waals surface area (Å²) in [6.45, 7) is -0.758. The minimum atomic E-state index is -1.17. The van der Waals surface area contributed by atoms with Gasteiger partial charge in [0.25, 0.3) is 5.69 Å². The molecule has 0 saturated carbocycles. The Morgan fingerprint density at radius 3 is 2.63 bits per heavy atom. The van der Waals surface area contributed by atoms with Gasteiger partial charge in [-0.3, -0.25) is 19.7 Å². The highest BCUT2D eigenvalue weighted by molar-refractivity contribution is 9.10. The van der Waals surface area contributed by atoms with Gasteiger partial charge in [0, 0.05) is 10.5 Å². The number of nitrogens with zero attached hydrogens (tertiary/aromatic N) is 1. The molecule has 0 aromatic heterocycles. The molecule has 1 rings (SSSR count). The second-order valence-corrected chi connectivity index (χ2v) is 4.36. The number of aliphatic carboxylic acids is 1. The molecule has 3 N–H and O–H groups in total. The van der Waals surface area contributed by atoms with Gasteiger partial charge in [-0.15, -0.1) is 0 Å². The molecule has 102 valence electrons. The van der Waals surface area contributed by atoms with E-state index in [0.29, 0.717) is 4.47 Å². The minimum absolute atomic E-state index is 0.171. The highest BCUT2D eigenvalue weighted by Gasteiger charge is 2.14. The fourth-order valence-corrected chi connectivity index (χ4v) is 1.58. The van der Waals surface area contributed by atoms with Crippen LogP contribution in [0.4, 0.5) is 11.4 Å². The van der Waals surface area contributed by atoms with Gasteiger partial charge in [0.15, 0.2) is 0 Å². The lowest BCUT2D eigenvalue weighted by atomic mass is 10.2. The Hall–Kier alpha value is -2.16. The molecule has 0 aliphatic heterocycles. The van der Waals surface area contributed by atoms with Crippen LogP contribution in [-0.4, -0.2) is 35.0 Å². The molecule has 19 heavy (non-hydrogen) atoms. The molecular formula is C10H10BrN3O5. The summed E-state index contributed by atoms with van der Waals surface area (Å²) < 4.78 is 0.617. The molecule has 0 atom stereocenters. The molecule has 0 spiro atoms. The summed E-state index contributed by atoms with van der Waals surface area (Å²) in [5.41, 5.74) is -0.000848. The number of benzene rings is 1. The quantitative estimate of drug-likeness (QED) is 0.527. The van der Waals surface area contributed by atoms with E-state index in [1.807, 2.05) is 0 Å². The van der Waals surface area contributed by atoms with Crippen LogP contribution in [0.25, 0.3) is 0 Å². The van der Waals surface area contributed by atoms with Crippen LogP contribution in [0.5, 0.6) is 0 Å². The van der Waals surface area contributed by atoms with Crippen molar-refractivity contribution in [1.29, 1.82) is 0 Å². The lowest BCUT2D eigenvalue weighted by molar-refractivity contribution is -0.384. The minimum Gasteiger partial charge on any atom is -0.480 e. The molecule has 1 amide bonds. The Labute approximate surface area is 116 Å². The van der Waals surface area contributed by atoms with Crippen molar-refractivity contribution in [1.82, 2.24) is 5.32 Å². The Morgan fingerprint density at radius 2 is 2.05 bits per heavy atom. The van der Waals surface area contributed by atoms with Crippen molar-refractivity contribution in [2.24, 2.45) is 0 Å². The number of rotatable bonds is 6. The number of carbonyl (C=O) groups excluding carboxylic acids is 1. The van der Waals surface area contributed by atoms with Crippen LogP contribution < -0.4 is 10.6 Å². The van der Waals surface area contributed by atoms with E-state index in [1.54, 1.807) is 0 Å². The summed E-state index contributed by atoms with van der Waals surface area (Å²) in [7, 11) is 0. The van der Waals surface area contributed by atoms with Crippen LogP contribution >= 0.6 is 15.9 Å². The standard InChI is InChI=1S/C10H10BrN3O5/c11-6-1-2-8(14(18)19)7(3-6)12-4-9(15)13-5-10(16)17/h1-3,12H,4-5H2,(H,13,15)(H,16,17). The first-order valence-electron chi connectivity index (χ1n) is 5.06. The van der Waals surface area contributed by atoms with E-state index in [1.165, 1.54) is 18.2 Å². The molecule has 1 aromatic rings. The zero-order valence-corrected chi connectivity index (χ0v) is 11.1. The van der Waals surface area contributed by atoms with Crippen LogP contribution in [0, 0.1) is 10.1 Å². The smallest absolute Gasteiger partial charge is 0.322 e. The molecule has 0 radical (unpaired) electrons. The summed E-state index contributed by atoms with van der Waals surface area (Å²) in [5.74, 6) is -1.74. The number of hydrogen-bond acceptors (Lipinski definition) is 5. The van der Waals surface area contributed by atoms with Gasteiger partial charge in [0.2, 0.25) is 5.91 Å². The van der Waals surface area contributed by atoms with Crippen molar-refractivity contribution >= 4 is 39.2 Å².